The number of aliphatic carboxylic acids is 1. The number of thioether (sulfide) groups is 1. The molecule has 0 spiro atoms. The third-order valence-corrected chi connectivity index (χ3v) is 6.08. The van der Waals surface area contributed by atoms with Crippen LogP contribution in [0.15, 0.2) is 48.5 Å². The highest BCUT2D eigenvalue weighted by molar-refractivity contribution is 7.98. The quantitative estimate of drug-likeness (QED) is 0.446. The molecular weight excluding hydrogens is 428 g/mol. The van der Waals surface area contributed by atoms with Crippen molar-refractivity contribution in [2.24, 2.45) is 0 Å². The highest BCUT2D eigenvalue weighted by Gasteiger charge is 2.29. The predicted molar refractivity (Wildman–Crippen MR) is 125 cm³/mol. The summed E-state index contributed by atoms with van der Waals surface area (Å²) in [6, 6.07) is 15.4. The largest absolute Gasteiger partial charge is 0.480 e. The average molecular weight is 457 g/mol. The molecule has 0 heterocycles. The van der Waals surface area contributed by atoms with Crippen LogP contribution in [0.5, 0.6) is 0 Å². The Hall–Kier alpha value is -3.00. The van der Waals surface area contributed by atoms with Crippen LogP contribution in [0.4, 0.5) is 4.79 Å². The van der Waals surface area contributed by atoms with Crippen LogP contribution in [0.25, 0.3) is 11.1 Å². The first-order valence-corrected chi connectivity index (χ1v) is 12.0. The molecule has 1 atom stereocenters. The van der Waals surface area contributed by atoms with Gasteiger partial charge in [0.25, 0.3) is 0 Å². The number of carbonyl (C=O) groups is 3. The lowest BCUT2D eigenvalue weighted by molar-refractivity contribution is -0.141. The molecule has 170 valence electrons. The molecule has 0 aliphatic heterocycles. The van der Waals surface area contributed by atoms with Gasteiger partial charge in [0.05, 0.1) is 0 Å². The first-order chi connectivity index (χ1) is 15.5. The number of hydrogen-bond acceptors (Lipinski definition) is 5. The summed E-state index contributed by atoms with van der Waals surface area (Å²) in [5.41, 5.74) is 4.63. The Morgan fingerprint density at radius 1 is 1.06 bits per heavy atom. The molecule has 7 nitrogen and oxygen atoms in total. The van der Waals surface area contributed by atoms with Crippen molar-refractivity contribution in [3.63, 3.8) is 0 Å². The Labute approximate surface area is 191 Å². The number of ether oxygens (including phenoxy) is 1. The molecule has 0 aromatic heterocycles. The van der Waals surface area contributed by atoms with Crippen LogP contribution in [-0.2, 0) is 14.3 Å². The molecule has 1 unspecified atom stereocenters. The van der Waals surface area contributed by atoms with Crippen LogP contribution in [0, 0.1) is 0 Å². The molecule has 0 bridgehead atoms. The second-order valence-corrected chi connectivity index (χ2v) is 8.58. The van der Waals surface area contributed by atoms with E-state index in [2.05, 4.69) is 34.9 Å². The van der Waals surface area contributed by atoms with Gasteiger partial charge in [-0.05, 0) is 47.1 Å². The zero-order valence-electron chi connectivity index (χ0n) is 18.0. The van der Waals surface area contributed by atoms with Crippen LogP contribution < -0.4 is 10.6 Å². The number of carbonyl (C=O) groups excluding carboxylic acids is 2. The minimum Gasteiger partial charge on any atom is -0.480 e. The van der Waals surface area contributed by atoms with Gasteiger partial charge in [0.15, 0.2) is 0 Å². The van der Waals surface area contributed by atoms with Gasteiger partial charge in [0, 0.05) is 18.9 Å². The molecule has 0 saturated heterocycles. The summed E-state index contributed by atoms with van der Waals surface area (Å²) >= 11 is 1.53. The summed E-state index contributed by atoms with van der Waals surface area (Å²) in [6.07, 6.45) is 2.25. The van der Waals surface area contributed by atoms with E-state index in [-0.39, 0.29) is 31.4 Å². The zero-order chi connectivity index (χ0) is 22.9. The van der Waals surface area contributed by atoms with Crippen molar-refractivity contribution in [3.8, 4) is 11.1 Å². The molecule has 3 N–H and O–H groups in total. The lowest BCUT2D eigenvalue weighted by Crippen LogP contribution is -2.41. The number of fused-ring (bicyclic) bond motifs is 3. The average Bonchev–Trinajstić information content (AvgIpc) is 3.11. The number of nitrogens with one attached hydrogen (secondary N) is 2. The van der Waals surface area contributed by atoms with Crippen molar-refractivity contribution in [1.82, 2.24) is 10.6 Å². The van der Waals surface area contributed by atoms with Gasteiger partial charge in [-0.1, -0.05) is 48.5 Å². The minimum atomic E-state index is -1.04. The molecule has 1 aliphatic rings. The third kappa shape index (κ3) is 6.03. The standard InChI is InChI=1S/C24H28N2O5S/c1-32-14-12-21(23(28)29)26-22(27)11-6-13-25-24(30)31-15-20-18-9-4-2-7-16(18)17-8-3-5-10-19(17)20/h2-5,7-10,20-21H,6,11-15H2,1H3,(H,25,30)(H,26,27)(H,28,29). The van der Waals surface area contributed by atoms with E-state index in [1.165, 1.54) is 22.9 Å². The van der Waals surface area contributed by atoms with Crippen molar-refractivity contribution in [1.29, 1.82) is 0 Å². The Kier molecular flexibility index (Phi) is 8.56. The van der Waals surface area contributed by atoms with Crippen LogP contribution in [0.2, 0.25) is 0 Å². The molecule has 2 aromatic rings. The maximum Gasteiger partial charge on any atom is 0.407 e. The summed E-state index contributed by atoms with van der Waals surface area (Å²) in [7, 11) is 0. The summed E-state index contributed by atoms with van der Waals surface area (Å²) in [5.74, 6) is -0.731. The first-order valence-electron chi connectivity index (χ1n) is 10.6. The Morgan fingerprint density at radius 2 is 1.69 bits per heavy atom. The maximum absolute atomic E-state index is 12.1. The van der Waals surface area contributed by atoms with Crippen molar-refractivity contribution in [2.75, 3.05) is 25.2 Å². The van der Waals surface area contributed by atoms with E-state index in [4.69, 9.17) is 9.84 Å². The second-order valence-electron chi connectivity index (χ2n) is 7.60. The van der Waals surface area contributed by atoms with E-state index in [9.17, 15) is 14.4 Å². The number of alkyl carbamates (subject to hydrolysis) is 1. The molecule has 3 rings (SSSR count). The summed E-state index contributed by atoms with van der Waals surface area (Å²) < 4.78 is 5.46. The topological polar surface area (TPSA) is 105 Å². The number of amides is 2. The van der Waals surface area contributed by atoms with Gasteiger partial charge < -0.3 is 20.5 Å². The molecule has 0 radical (unpaired) electrons. The third-order valence-electron chi connectivity index (χ3n) is 5.44. The lowest BCUT2D eigenvalue weighted by atomic mass is 9.98. The van der Waals surface area contributed by atoms with Crippen LogP contribution >= 0.6 is 11.8 Å². The number of hydrogen-bond donors (Lipinski definition) is 3. The number of rotatable bonds is 11. The molecule has 32 heavy (non-hydrogen) atoms. The molecular formula is C24H28N2O5S. The Bertz CT molecular complexity index is 919. The molecule has 2 amide bonds. The van der Waals surface area contributed by atoms with E-state index < -0.39 is 18.1 Å². The van der Waals surface area contributed by atoms with E-state index >= 15 is 0 Å². The van der Waals surface area contributed by atoms with Gasteiger partial charge in [0.1, 0.15) is 12.6 Å². The van der Waals surface area contributed by atoms with Gasteiger partial charge in [-0.15, -0.1) is 0 Å². The van der Waals surface area contributed by atoms with Crippen molar-refractivity contribution >= 4 is 29.7 Å². The highest BCUT2D eigenvalue weighted by atomic mass is 32.2. The number of benzene rings is 2. The molecule has 2 aromatic carbocycles. The van der Waals surface area contributed by atoms with E-state index in [0.29, 0.717) is 18.6 Å². The fourth-order valence-corrected chi connectivity index (χ4v) is 4.32. The summed E-state index contributed by atoms with van der Waals surface area (Å²) in [6.45, 7) is 0.503. The van der Waals surface area contributed by atoms with Crippen molar-refractivity contribution in [3.05, 3.63) is 59.7 Å². The normalized spacial score (nSPS) is 13.0. The van der Waals surface area contributed by atoms with E-state index in [1.54, 1.807) is 0 Å². The molecule has 1 aliphatic carbocycles. The van der Waals surface area contributed by atoms with Gasteiger partial charge in [-0.3, -0.25) is 4.79 Å². The SMILES string of the molecule is CSCCC(NC(=O)CCCNC(=O)OCC1c2ccccc2-c2ccccc21)C(=O)O. The van der Waals surface area contributed by atoms with Crippen LogP contribution in [0.1, 0.15) is 36.3 Å². The zero-order valence-corrected chi connectivity index (χ0v) is 18.8. The van der Waals surface area contributed by atoms with Crippen molar-refractivity contribution in [2.45, 2.75) is 31.2 Å². The second kappa shape index (κ2) is 11.6. The van der Waals surface area contributed by atoms with Crippen LogP contribution in [-0.4, -0.2) is 54.3 Å². The van der Waals surface area contributed by atoms with Gasteiger partial charge in [0.2, 0.25) is 5.91 Å². The monoisotopic (exact) mass is 456 g/mol. The van der Waals surface area contributed by atoms with E-state index in [1.807, 2.05) is 30.5 Å². The lowest BCUT2D eigenvalue weighted by Gasteiger charge is -2.15. The van der Waals surface area contributed by atoms with Gasteiger partial charge in [-0.25, -0.2) is 9.59 Å². The first kappa shape index (κ1) is 23.7. The minimum absolute atomic E-state index is 0.00633. The van der Waals surface area contributed by atoms with Gasteiger partial charge >= 0.3 is 12.1 Å². The fourth-order valence-electron chi connectivity index (χ4n) is 3.85. The molecule has 0 fully saturated rings. The smallest absolute Gasteiger partial charge is 0.407 e. The van der Waals surface area contributed by atoms with Crippen LogP contribution in [0.3, 0.4) is 0 Å². The Balaban J connectivity index is 1.41. The molecule has 0 saturated carbocycles. The molecule has 8 heteroatoms. The predicted octanol–water partition coefficient (Wildman–Crippen LogP) is 3.63. The fraction of sp³-hybridized carbons (Fsp3) is 0.375. The maximum atomic E-state index is 12.1. The van der Waals surface area contributed by atoms with Crippen molar-refractivity contribution < 1.29 is 24.2 Å². The number of carboxylic acids is 1. The van der Waals surface area contributed by atoms with E-state index in [0.717, 1.165) is 11.1 Å². The Morgan fingerprint density at radius 3 is 2.28 bits per heavy atom. The summed E-state index contributed by atoms with van der Waals surface area (Å²) in [4.78, 5) is 35.3. The highest BCUT2D eigenvalue weighted by Crippen LogP contribution is 2.44. The summed E-state index contributed by atoms with van der Waals surface area (Å²) in [5, 5.41) is 14.4. The van der Waals surface area contributed by atoms with Gasteiger partial charge in [-0.2, -0.15) is 11.8 Å². The number of carboxylic acid groups (broad SMARTS) is 1.